The van der Waals surface area contributed by atoms with Crippen LogP contribution in [0.1, 0.15) is 48.2 Å². The third-order valence-corrected chi connectivity index (χ3v) is 5.81. The molecule has 3 heterocycles. The summed E-state index contributed by atoms with van der Waals surface area (Å²) in [4.78, 5) is 21.8. The summed E-state index contributed by atoms with van der Waals surface area (Å²) in [6, 6.07) is 12.0. The van der Waals surface area contributed by atoms with E-state index in [2.05, 4.69) is 40.0 Å². The number of carbonyl (C=O) groups is 1. The Kier molecular flexibility index (Phi) is 6.65. The number of nitrogens with one attached hydrogen (secondary N) is 1. The van der Waals surface area contributed by atoms with Gasteiger partial charge in [0.1, 0.15) is 5.82 Å². The lowest BCUT2D eigenvalue weighted by Crippen LogP contribution is -2.44. The molecule has 2 aliphatic rings. The standard InChI is InChI=1S/C24H32N4O2/c1-18-15-27(16-19(2)30-18)17-20-5-8-22(9-6-20)24(29)26-14-21-7-10-23(25-13-21)28-11-3-4-12-28/h5-10,13,18-19H,3-4,11-12,14-17H2,1-2H3,(H,26,29). The maximum absolute atomic E-state index is 12.5. The lowest BCUT2D eigenvalue weighted by atomic mass is 10.1. The normalized spacial score (nSPS) is 22.3. The van der Waals surface area contributed by atoms with Gasteiger partial charge < -0.3 is 15.0 Å². The Balaban J connectivity index is 1.27. The van der Waals surface area contributed by atoms with Crippen molar-refractivity contribution >= 4 is 11.7 Å². The minimum Gasteiger partial charge on any atom is -0.373 e. The van der Waals surface area contributed by atoms with E-state index in [1.165, 1.54) is 18.4 Å². The van der Waals surface area contributed by atoms with Gasteiger partial charge >= 0.3 is 0 Å². The highest BCUT2D eigenvalue weighted by molar-refractivity contribution is 5.94. The number of hydrogen-bond acceptors (Lipinski definition) is 5. The number of amides is 1. The molecule has 4 rings (SSSR count). The molecule has 2 unspecified atom stereocenters. The number of rotatable bonds is 6. The van der Waals surface area contributed by atoms with E-state index in [0.29, 0.717) is 12.1 Å². The van der Waals surface area contributed by atoms with Crippen molar-refractivity contribution in [2.24, 2.45) is 0 Å². The SMILES string of the molecule is CC1CN(Cc2ccc(C(=O)NCc3ccc(N4CCCC4)nc3)cc2)CC(C)O1. The maximum atomic E-state index is 12.5. The second-order valence-electron chi connectivity index (χ2n) is 8.55. The number of nitrogens with zero attached hydrogens (tertiary/aromatic N) is 3. The average molecular weight is 409 g/mol. The first-order valence-electron chi connectivity index (χ1n) is 11.0. The maximum Gasteiger partial charge on any atom is 0.251 e. The zero-order chi connectivity index (χ0) is 20.9. The van der Waals surface area contributed by atoms with Gasteiger partial charge in [-0.2, -0.15) is 0 Å². The van der Waals surface area contributed by atoms with Crippen LogP contribution in [0.3, 0.4) is 0 Å². The number of hydrogen-bond donors (Lipinski definition) is 1. The van der Waals surface area contributed by atoms with Crippen LogP contribution >= 0.6 is 0 Å². The summed E-state index contributed by atoms with van der Waals surface area (Å²) in [6.07, 6.45) is 4.86. The third kappa shape index (κ3) is 5.37. The van der Waals surface area contributed by atoms with Gasteiger partial charge in [-0.3, -0.25) is 9.69 Å². The van der Waals surface area contributed by atoms with Gasteiger partial charge in [0.2, 0.25) is 0 Å². The second kappa shape index (κ2) is 9.58. The topological polar surface area (TPSA) is 57.7 Å². The highest BCUT2D eigenvalue weighted by atomic mass is 16.5. The van der Waals surface area contributed by atoms with Crippen molar-refractivity contribution in [2.75, 3.05) is 31.1 Å². The van der Waals surface area contributed by atoms with Gasteiger partial charge in [0.15, 0.2) is 0 Å². The van der Waals surface area contributed by atoms with Gasteiger partial charge in [-0.25, -0.2) is 4.98 Å². The van der Waals surface area contributed by atoms with E-state index in [1.54, 1.807) is 0 Å². The number of aromatic nitrogens is 1. The van der Waals surface area contributed by atoms with Gasteiger partial charge in [-0.1, -0.05) is 18.2 Å². The van der Waals surface area contributed by atoms with Crippen LogP contribution in [0.4, 0.5) is 5.82 Å². The Morgan fingerprint density at radius 3 is 2.33 bits per heavy atom. The number of morpholine rings is 1. The monoisotopic (exact) mass is 408 g/mol. The van der Waals surface area contributed by atoms with Crippen molar-refractivity contribution in [3.63, 3.8) is 0 Å². The van der Waals surface area contributed by atoms with E-state index < -0.39 is 0 Å². The Morgan fingerprint density at radius 1 is 1.03 bits per heavy atom. The number of ether oxygens (including phenoxy) is 1. The third-order valence-electron chi connectivity index (χ3n) is 5.81. The first-order valence-corrected chi connectivity index (χ1v) is 11.0. The average Bonchev–Trinajstić information content (AvgIpc) is 3.27. The summed E-state index contributed by atoms with van der Waals surface area (Å²) in [5.41, 5.74) is 2.91. The smallest absolute Gasteiger partial charge is 0.251 e. The summed E-state index contributed by atoms with van der Waals surface area (Å²) >= 11 is 0. The fourth-order valence-electron chi connectivity index (χ4n) is 4.37. The quantitative estimate of drug-likeness (QED) is 0.795. The fraction of sp³-hybridized carbons (Fsp3) is 0.500. The Labute approximate surface area is 179 Å². The minimum atomic E-state index is -0.0567. The van der Waals surface area contributed by atoms with Gasteiger partial charge in [-0.15, -0.1) is 0 Å². The first-order chi connectivity index (χ1) is 14.6. The molecule has 2 aromatic rings. The van der Waals surface area contributed by atoms with Crippen LogP contribution in [0.15, 0.2) is 42.6 Å². The number of benzene rings is 1. The highest BCUT2D eigenvalue weighted by Crippen LogP contribution is 2.18. The van der Waals surface area contributed by atoms with Crippen LogP contribution in [0.25, 0.3) is 0 Å². The van der Waals surface area contributed by atoms with Gasteiger partial charge in [0.05, 0.1) is 12.2 Å². The molecular formula is C24H32N4O2. The van der Waals surface area contributed by atoms with Crippen molar-refractivity contribution in [2.45, 2.75) is 52.0 Å². The zero-order valence-electron chi connectivity index (χ0n) is 18.0. The molecule has 0 spiro atoms. The van der Waals surface area contributed by atoms with E-state index in [9.17, 15) is 4.79 Å². The van der Waals surface area contributed by atoms with Crippen molar-refractivity contribution < 1.29 is 9.53 Å². The highest BCUT2D eigenvalue weighted by Gasteiger charge is 2.22. The summed E-state index contributed by atoms with van der Waals surface area (Å²) in [7, 11) is 0. The minimum absolute atomic E-state index is 0.0567. The summed E-state index contributed by atoms with van der Waals surface area (Å²) < 4.78 is 5.80. The van der Waals surface area contributed by atoms with E-state index >= 15 is 0 Å². The Bertz CT molecular complexity index is 821. The molecule has 2 atom stereocenters. The molecule has 6 heteroatoms. The molecule has 30 heavy (non-hydrogen) atoms. The zero-order valence-corrected chi connectivity index (χ0v) is 18.0. The number of pyridine rings is 1. The van der Waals surface area contributed by atoms with Crippen molar-refractivity contribution in [3.05, 3.63) is 59.3 Å². The van der Waals surface area contributed by atoms with Crippen LogP contribution < -0.4 is 10.2 Å². The molecule has 0 radical (unpaired) electrons. The first kappa shape index (κ1) is 20.8. The lowest BCUT2D eigenvalue weighted by molar-refractivity contribution is -0.0704. The van der Waals surface area contributed by atoms with Crippen LogP contribution in [-0.2, 0) is 17.8 Å². The molecule has 0 saturated carbocycles. The molecule has 1 N–H and O–H groups in total. The summed E-state index contributed by atoms with van der Waals surface area (Å²) in [5.74, 6) is 0.973. The van der Waals surface area contributed by atoms with Crippen LogP contribution in [0.5, 0.6) is 0 Å². The van der Waals surface area contributed by atoms with E-state index in [0.717, 1.165) is 44.1 Å². The number of carbonyl (C=O) groups excluding carboxylic acids is 1. The second-order valence-corrected chi connectivity index (χ2v) is 8.55. The molecule has 1 amide bonds. The molecule has 1 aromatic carbocycles. The molecule has 6 nitrogen and oxygen atoms in total. The molecule has 2 fully saturated rings. The number of anilines is 1. The largest absolute Gasteiger partial charge is 0.373 e. The van der Waals surface area contributed by atoms with Crippen molar-refractivity contribution in [3.8, 4) is 0 Å². The van der Waals surface area contributed by atoms with Gasteiger partial charge in [0.25, 0.3) is 5.91 Å². The van der Waals surface area contributed by atoms with Crippen molar-refractivity contribution in [1.29, 1.82) is 0 Å². The van der Waals surface area contributed by atoms with E-state index in [4.69, 9.17) is 4.74 Å². The van der Waals surface area contributed by atoms with Crippen LogP contribution in [0.2, 0.25) is 0 Å². The summed E-state index contributed by atoms with van der Waals surface area (Å²) in [5, 5.41) is 3.00. The van der Waals surface area contributed by atoms with Gasteiger partial charge in [-0.05, 0) is 56.0 Å². The predicted octanol–water partition coefficient (Wildman–Crippen LogP) is 3.22. The molecule has 1 aromatic heterocycles. The predicted molar refractivity (Wildman–Crippen MR) is 119 cm³/mol. The molecular weight excluding hydrogens is 376 g/mol. The molecule has 0 aliphatic carbocycles. The van der Waals surface area contributed by atoms with Crippen molar-refractivity contribution in [1.82, 2.24) is 15.2 Å². The van der Waals surface area contributed by atoms with E-state index in [1.807, 2.05) is 36.5 Å². The summed E-state index contributed by atoms with van der Waals surface area (Å²) in [6.45, 7) is 9.66. The molecule has 0 bridgehead atoms. The molecule has 2 aliphatic heterocycles. The Morgan fingerprint density at radius 2 is 1.70 bits per heavy atom. The van der Waals surface area contributed by atoms with E-state index in [-0.39, 0.29) is 18.1 Å². The molecule has 2 saturated heterocycles. The van der Waals surface area contributed by atoms with Gasteiger partial charge in [0, 0.05) is 51.0 Å². The van der Waals surface area contributed by atoms with Crippen LogP contribution in [0, 0.1) is 0 Å². The van der Waals surface area contributed by atoms with Crippen LogP contribution in [-0.4, -0.2) is 54.2 Å². The lowest BCUT2D eigenvalue weighted by Gasteiger charge is -2.35. The fourth-order valence-corrected chi connectivity index (χ4v) is 4.37. The Hall–Kier alpha value is -2.44. The molecule has 160 valence electrons.